The highest BCUT2D eigenvalue weighted by Gasteiger charge is 2.28. The number of hydrogen-bond donors (Lipinski definition) is 1. The number of aliphatic carboxylic acids is 1. The Hall–Kier alpha value is -1.32. The van der Waals surface area contributed by atoms with Crippen molar-refractivity contribution in [2.24, 2.45) is 5.41 Å². The van der Waals surface area contributed by atoms with Gasteiger partial charge in [0.25, 0.3) is 0 Å². The lowest BCUT2D eigenvalue weighted by Gasteiger charge is -2.39. The van der Waals surface area contributed by atoms with Gasteiger partial charge in [-0.25, -0.2) is 4.79 Å². The summed E-state index contributed by atoms with van der Waals surface area (Å²) >= 11 is 0. The van der Waals surface area contributed by atoms with E-state index in [1.807, 2.05) is 20.8 Å². The molecule has 110 valence electrons. The molecule has 0 spiro atoms. The topological polar surface area (TPSA) is 57.6 Å². The molecule has 0 heterocycles. The van der Waals surface area contributed by atoms with Gasteiger partial charge in [0.15, 0.2) is 0 Å². The van der Waals surface area contributed by atoms with Gasteiger partial charge in [-0.05, 0) is 32.1 Å². The minimum Gasteiger partial charge on any atom is -0.478 e. The van der Waals surface area contributed by atoms with E-state index in [9.17, 15) is 9.59 Å². The van der Waals surface area contributed by atoms with Gasteiger partial charge in [-0.1, -0.05) is 27.7 Å². The average Bonchev–Trinajstić information content (AvgIpc) is 2.24. The van der Waals surface area contributed by atoms with Crippen molar-refractivity contribution in [3.63, 3.8) is 0 Å². The zero-order valence-electron chi connectivity index (χ0n) is 13.0. The zero-order valence-corrected chi connectivity index (χ0v) is 13.0. The Labute approximate surface area is 116 Å². The number of carboxylic acids is 1. The highest BCUT2D eigenvalue weighted by molar-refractivity contribution is 5.94. The Morgan fingerprint density at radius 3 is 2.00 bits per heavy atom. The van der Waals surface area contributed by atoms with E-state index in [-0.39, 0.29) is 16.9 Å². The summed E-state index contributed by atoms with van der Waals surface area (Å²) in [6.45, 7) is 13.0. The first-order valence-corrected chi connectivity index (χ1v) is 6.72. The lowest BCUT2D eigenvalue weighted by atomic mass is 9.90. The Bertz CT molecular complexity index is 351. The summed E-state index contributed by atoms with van der Waals surface area (Å²) in [5.74, 6) is -1.34. The summed E-state index contributed by atoms with van der Waals surface area (Å²) in [7, 11) is 0. The summed E-state index contributed by atoms with van der Waals surface area (Å²) in [5, 5.41) is 8.61. The molecule has 0 aromatic rings. The average molecular weight is 269 g/mol. The summed E-state index contributed by atoms with van der Waals surface area (Å²) in [6, 6.07) is 0. The summed E-state index contributed by atoms with van der Waals surface area (Å²) < 4.78 is 0. The smallest absolute Gasteiger partial charge is 0.328 e. The van der Waals surface area contributed by atoms with Crippen LogP contribution in [-0.4, -0.2) is 34.0 Å². The van der Waals surface area contributed by atoms with Crippen LogP contribution in [0.5, 0.6) is 0 Å². The molecule has 1 amide bonds. The molecule has 19 heavy (non-hydrogen) atoms. The van der Waals surface area contributed by atoms with Crippen LogP contribution in [0.25, 0.3) is 0 Å². The maximum absolute atomic E-state index is 12.1. The predicted molar refractivity (Wildman–Crippen MR) is 76.9 cm³/mol. The third kappa shape index (κ3) is 6.99. The largest absolute Gasteiger partial charge is 0.478 e. The van der Waals surface area contributed by atoms with Gasteiger partial charge in [-0.2, -0.15) is 0 Å². The standard InChI is InChI=1S/C15H27NO3/c1-7-15(5,6)16(11-10-14(2,3)4)12(17)8-9-13(18)19/h8-9H,7,10-11H2,1-6H3,(H,18,19)/b9-8-. The minimum absolute atomic E-state index is 0.138. The fourth-order valence-electron chi connectivity index (χ4n) is 1.58. The monoisotopic (exact) mass is 269 g/mol. The van der Waals surface area contributed by atoms with Gasteiger partial charge in [0.1, 0.15) is 0 Å². The van der Waals surface area contributed by atoms with Crippen LogP contribution in [0.1, 0.15) is 54.4 Å². The number of hydrogen-bond acceptors (Lipinski definition) is 2. The van der Waals surface area contributed by atoms with E-state index in [4.69, 9.17) is 5.11 Å². The van der Waals surface area contributed by atoms with Crippen LogP contribution in [0.15, 0.2) is 12.2 Å². The Morgan fingerprint density at radius 1 is 1.11 bits per heavy atom. The molecule has 0 radical (unpaired) electrons. The molecule has 0 rings (SSSR count). The molecule has 0 saturated carbocycles. The van der Waals surface area contributed by atoms with E-state index in [1.165, 1.54) is 0 Å². The molecule has 0 aliphatic carbocycles. The van der Waals surface area contributed by atoms with E-state index in [1.54, 1.807) is 4.90 Å². The molecule has 0 aromatic heterocycles. The van der Waals surface area contributed by atoms with Gasteiger partial charge < -0.3 is 10.0 Å². The van der Waals surface area contributed by atoms with Crippen molar-refractivity contribution in [1.82, 2.24) is 4.90 Å². The number of nitrogens with zero attached hydrogens (tertiary/aromatic N) is 1. The molecule has 4 nitrogen and oxygen atoms in total. The van der Waals surface area contributed by atoms with Crippen LogP contribution in [0.2, 0.25) is 0 Å². The summed E-state index contributed by atoms with van der Waals surface area (Å²) in [4.78, 5) is 24.4. The molecular formula is C15H27NO3. The van der Waals surface area contributed by atoms with E-state index < -0.39 is 5.97 Å². The van der Waals surface area contributed by atoms with Crippen molar-refractivity contribution in [1.29, 1.82) is 0 Å². The van der Waals surface area contributed by atoms with E-state index in [2.05, 4.69) is 20.8 Å². The Kier molecular flexibility index (Phi) is 6.27. The number of carbonyl (C=O) groups excluding carboxylic acids is 1. The van der Waals surface area contributed by atoms with Crippen LogP contribution in [0, 0.1) is 5.41 Å². The van der Waals surface area contributed by atoms with Crippen LogP contribution in [0.4, 0.5) is 0 Å². The molecule has 0 bridgehead atoms. The summed E-state index contributed by atoms with van der Waals surface area (Å²) in [5.41, 5.74) is -0.135. The molecule has 0 aliphatic rings. The first kappa shape index (κ1) is 17.7. The molecule has 4 heteroatoms. The van der Waals surface area contributed by atoms with Gasteiger partial charge in [0.2, 0.25) is 5.91 Å². The van der Waals surface area contributed by atoms with Gasteiger partial charge in [0, 0.05) is 24.2 Å². The molecule has 0 aromatic carbocycles. The van der Waals surface area contributed by atoms with E-state index >= 15 is 0 Å². The molecule has 0 unspecified atom stereocenters. The maximum Gasteiger partial charge on any atom is 0.328 e. The van der Waals surface area contributed by atoms with Crippen LogP contribution >= 0.6 is 0 Å². The highest BCUT2D eigenvalue weighted by atomic mass is 16.4. The van der Waals surface area contributed by atoms with Crippen LogP contribution < -0.4 is 0 Å². The SMILES string of the molecule is CCC(C)(C)N(CCC(C)(C)C)C(=O)/C=C\C(=O)O. The minimum atomic E-state index is -1.10. The molecule has 1 N–H and O–H groups in total. The van der Waals surface area contributed by atoms with Crippen molar-refractivity contribution in [2.75, 3.05) is 6.54 Å². The van der Waals surface area contributed by atoms with E-state index in [0.29, 0.717) is 6.54 Å². The number of rotatable bonds is 6. The molecule has 0 fully saturated rings. The fraction of sp³-hybridized carbons (Fsp3) is 0.733. The van der Waals surface area contributed by atoms with Crippen molar-refractivity contribution < 1.29 is 14.7 Å². The highest BCUT2D eigenvalue weighted by Crippen LogP contribution is 2.24. The third-order valence-corrected chi connectivity index (χ3v) is 3.32. The second-order valence-corrected chi connectivity index (χ2v) is 6.64. The maximum atomic E-state index is 12.1. The second kappa shape index (κ2) is 6.73. The predicted octanol–water partition coefficient (Wildman–Crippen LogP) is 3.08. The van der Waals surface area contributed by atoms with Crippen LogP contribution in [-0.2, 0) is 9.59 Å². The number of carbonyl (C=O) groups is 2. The lowest BCUT2D eigenvalue weighted by molar-refractivity contribution is -0.134. The molecule has 0 saturated heterocycles. The fourth-order valence-corrected chi connectivity index (χ4v) is 1.58. The zero-order chi connectivity index (χ0) is 15.3. The molecule has 0 atom stereocenters. The number of amides is 1. The third-order valence-electron chi connectivity index (χ3n) is 3.32. The van der Waals surface area contributed by atoms with Crippen LogP contribution in [0.3, 0.4) is 0 Å². The molecule has 0 aliphatic heterocycles. The van der Waals surface area contributed by atoms with Gasteiger partial charge in [-0.3, -0.25) is 4.79 Å². The first-order chi connectivity index (χ1) is 8.49. The summed E-state index contributed by atoms with van der Waals surface area (Å²) in [6.07, 6.45) is 3.74. The Balaban J connectivity index is 4.97. The second-order valence-electron chi connectivity index (χ2n) is 6.64. The number of carboxylic acid groups (broad SMARTS) is 1. The van der Waals surface area contributed by atoms with E-state index in [0.717, 1.165) is 25.0 Å². The van der Waals surface area contributed by atoms with Crippen molar-refractivity contribution in [3.05, 3.63) is 12.2 Å². The normalized spacial score (nSPS) is 12.7. The van der Waals surface area contributed by atoms with Crippen molar-refractivity contribution in [3.8, 4) is 0 Å². The van der Waals surface area contributed by atoms with Gasteiger partial charge >= 0.3 is 5.97 Å². The van der Waals surface area contributed by atoms with Gasteiger partial charge in [-0.15, -0.1) is 0 Å². The molecular weight excluding hydrogens is 242 g/mol. The van der Waals surface area contributed by atoms with Gasteiger partial charge in [0.05, 0.1) is 0 Å². The van der Waals surface area contributed by atoms with Crippen molar-refractivity contribution in [2.45, 2.75) is 59.9 Å². The first-order valence-electron chi connectivity index (χ1n) is 6.72. The lowest BCUT2D eigenvalue weighted by Crippen LogP contribution is -2.47. The van der Waals surface area contributed by atoms with Crippen molar-refractivity contribution >= 4 is 11.9 Å². The quantitative estimate of drug-likeness (QED) is 0.754. The Morgan fingerprint density at radius 2 is 1.63 bits per heavy atom.